The van der Waals surface area contributed by atoms with E-state index in [9.17, 15) is 9.90 Å². The first-order chi connectivity index (χ1) is 8.34. The van der Waals surface area contributed by atoms with E-state index < -0.39 is 17.6 Å². The maximum Gasteiger partial charge on any atom is 0.326 e. The third kappa shape index (κ3) is 4.37. The van der Waals surface area contributed by atoms with Gasteiger partial charge in [0.2, 0.25) is 0 Å². The maximum absolute atomic E-state index is 11.2. The molecule has 0 bridgehead atoms. The third-order valence-electron chi connectivity index (χ3n) is 2.94. The molecule has 4 nitrogen and oxygen atoms in total. The van der Waals surface area contributed by atoms with E-state index in [1.165, 1.54) is 0 Å². The van der Waals surface area contributed by atoms with Crippen molar-refractivity contribution in [2.45, 2.75) is 38.8 Å². The van der Waals surface area contributed by atoms with Crippen LogP contribution in [0.5, 0.6) is 0 Å². The Hall–Kier alpha value is -1.55. The largest absolute Gasteiger partial charge is 0.480 e. The van der Waals surface area contributed by atoms with Gasteiger partial charge in [-0.3, -0.25) is 0 Å². The second-order valence-corrected chi connectivity index (χ2v) is 5.07. The highest BCUT2D eigenvalue weighted by molar-refractivity contribution is 5.77. The van der Waals surface area contributed by atoms with E-state index in [1.54, 1.807) is 7.11 Å². The zero-order valence-electron chi connectivity index (χ0n) is 11.4. The van der Waals surface area contributed by atoms with Gasteiger partial charge in [-0.05, 0) is 32.9 Å². The smallest absolute Gasteiger partial charge is 0.326 e. The molecule has 0 aromatic heterocycles. The molecule has 0 aliphatic rings. The number of benzene rings is 1. The lowest BCUT2D eigenvalue weighted by atomic mass is 9.98. The fourth-order valence-electron chi connectivity index (χ4n) is 1.63. The second kappa shape index (κ2) is 5.87. The van der Waals surface area contributed by atoms with Crippen LogP contribution in [-0.2, 0) is 9.53 Å². The molecule has 1 atom stereocenters. The van der Waals surface area contributed by atoms with Gasteiger partial charge in [-0.25, -0.2) is 4.79 Å². The number of aliphatic carboxylic acids is 1. The third-order valence-corrected chi connectivity index (χ3v) is 2.94. The number of methoxy groups -OCH3 is 1. The molecule has 0 heterocycles. The molecule has 0 aliphatic heterocycles. The molecule has 0 aliphatic carbocycles. The summed E-state index contributed by atoms with van der Waals surface area (Å²) in [7, 11) is 1.59. The molecule has 0 fully saturated rings. The molecule has 100 valence electrons. The maximum atomic E-state index is 11.2. The van der Waals surface area contributed by atoms with E-state index in [0.29, 0.717) is 6.42 Å². The number of carboxylic acid groups (broad SMARTS) is 1. The van der Waals surface area contributed by atoms with Gasteiger partial charge in [-0.2, -0.15) is 0 Å². The highest BCUT2D eigenvalue weighted by atomic mass is 16.5. The van der Waals surface area contributed by atoms with Gasteiger partial charge in [0.1, 0.15) is 6.04 Å². The van der Waals surface area contributed by atoms with Crippen LogP contribution in [0, 0.1) is 6.92 Å². The molecule has 1 unspecified atom stereocenters. The fourth-order valence-corrected chi connectivity index (χ4v) is 1.63. The summed E-state index contributed by atoms with van der Waals surface area (Å²) in [5.74, 6) is -0.874. The number of hydrogen-bond donors (Lipinski definition) is 2. The van der Waals surface area contributed by atoms with Crippen molar-refractivity contribution in [3.8, 4) is 0 Å². The van der Waals surface area contributed by atoms with Crippen molar-refractivity contribution >= 4 is 11.7 Å². The second-order valence-electron chi connectivity index (χ2n) is 5.07. The molecule has 0 spiro atoms. The molecule has 2 N–H and O–H groups in total. The molecule has 0 saturated heterocycles. The Bertz CT molecular complexity index is 398. The summed E-state index contributed by atoms with van der Waals surface area (Å²) in [6.45, 7) is 5.74. The number of aryl methyl sites for hydroxylation is 1. The van der Waals surface area contributed by atoms with Crippen molar-refractivity contribution in [1.29, 1.82) is 0 Å². The van der Waals surface area contributed by atoms with Crippen molar-refractivity contribution in [1.82, 2.24) is 0 Å². The van der Waals surface area contributed by atoms with Gasteiger partial charge in [0, 0.05) is 19.2 Å². The lowest BCUT2D eigenvalue weighted by Crippen LogP contribution is -2.38. The predicted molar refractivity (Wildman–Crippen MR) is 71.9 cm³/mol. The summed E-state index contributed by atoms with van der Waals surface area (Å²) >= 11 is 0. The van der Waals surface area contributed by atoms with Crippen LogP contribution in [0.25, 0.3) is 0 Å². The molecule has 1 aromatic rings. The van der Waals surface area contributed by atoms with Crippen LogP contribution in [0.3, 0.4) is 0 Å². The molecular formula is C14H21NO3. The van der Waals surface area contributed by atoms with Crippen LogP contribution in [0.1, 0.15) is 25.8 Å². The topological polar surface area (TPSA) is 58.6 Å². The average molecular weight is 251 g/mol. The average Bonchev–Trinajstić information content (AvgIpc) is 2.31. The normalized spacial score (nSPS) is 13.1. The molecule has 1 aromatic carbocycles. The summed E-state index contributed by atoms with van der Waals surface area (Å²) in [4.78, 5) is 11.2. The Kier molecular flexibility index (Phi) is 4.73. The summed E-state index contributed by atoms with van der Waals surface area (Å²) in [6, 6.07) is 6.99. The van der Waals surface area contributed by atoms with Crippen molar-refractivity contribution in [3.05, 3.63) is 29.8 Å². The van der Waals surface area contributed by atoms with Crippen molar-refractivity contribution < 1.29 is 14.6 Å². The van der Waals surface area contributed by atoms with Crippen molar-refractivity contribution in [2.24, 2.45) is 0 Å². The molecule has 0 radical (unpaired) electrons. The molecule has 4 heteroatoms. The minimum atomic E-state index is -0.874. The van der Waals surface area contributed by atoms with Gasteiger partial charge in [0.05, 0.1) is 5.60 Å². The standard InChI is InChI=1S/C14H21NO3/c1-10-5-7-11(8-6-10)15-12(13(16)17)9-14(2,3)18-4/h5-8,12,15H,9H2,1-4H3,(H,16,17). The van der Waals surface area contributed by atoms with Gasteiger partial charge >= 0.3 is 5.97 Å². The van der Waals surface area contributed by atoms with Crippen LogP contribution in [0.15, 0.2) is 24.3 Å². The van der Waals surface area contributed by atoms with Crippen molar-refractivity contribution in [3.63, 3.8) is 0 Å². The van der Waals surface area contributed by atoms with Gasteiger partial charge in [0.25, 0.3) is 0 Å². The molecule has 0 saturated carbocycles. The number of carbonyl (C=O) groups is 1. The van der Waals surface area contributed by atoms with Crippen LogP contribution in [0.2, 0.25) is 0 Å². The van der Waals surface area contributed by atoms with E-state index >= 15 is 0 Å². The number of rotatable bonds is 6. The van der Waals surface area contributed by atoms with E-state index in [-0.39, 0.29) is 0 Å². The number of anilines is 1. The highest BCUT2D eigenvalue weighted by Gasteiger charge is 2.27. The number of carboxylic acids is 1. The molecule has 1 rings (SSSR count). The van der Waals surface area contributed by atoms with Gasteiger partial charge < -0.3 is 15.2 Å². The number of nitrogens with one attached hydrogen (secondary N) is 1. The lowest BCUT2D eigenvalue weighted by Gasteiger charge is -2.27. The minimum absolute atomic E-state index is 0.396. The van der Waals surface area contributed by atoms with Gasteiger partial charge in [-0.15, -0.1) is 0 Å². The summed E-state index contributed by atoms with van der Waals surface area (Å²) in [6.07, 6.45) is 0.396. The Balaban J connectivity index is 2.75. The number of hydrogen-bond acceptors (Lipinski definition) is 3. The van der Waals surface area contributed by atoms with Crippen LogP contribution >= 0.6 is 0 Å². The van der Waals surface area contributed by atoms with E-state index in [4.69, 9.17) is 4.74 Å². The molecule has 0 amide bonds. The zero-order valence-corrected chi connectivity index (χ0v) is 11.4. The van der Waals surface area contributed by atoms with E-state index in [2.05, 4.69) is 5.32 Å². The quantitative estimate of drug-likeness (QED) is 0.816. The van der Waals surface area contributed by atoms with Crippen molar-refractivity contribution in [2.75, 3.05) is 12.4 Å². The van der Waals surface area contributed by atoms with E-state index in [0.717, 1.165) is 11.3 Å². The molecule has 18 heavy (non-hydrogen) atoms. The van der Waals surface area contributed by atoms with Crippen LogP contribution < -0.4 is 5.32 Å². The minimum Gasteiger partial charge on any atom is -0.480 e. The van der Waals surface area contributed by atoms with Gasteiger partial charge in [0.15, 0.2) is 0 Å². The Morgan fingerprint density at radius 2 is 1.94 bits per heavy atom. The molecular weight excluding hydrogens is 230 g/mol. The Morgan fingerprint density at radius 3 is 2.39 bits per heavy atom. The lowest BCUT2D eigenvalue weighted by molar-refractivity contribution is -0.139. The summed E-state index contributed by atoms with van der Waals surface area (Å²) in [5, 5.41) is 12.2. The van der Waals surface area contributed by atoms with E-state index in [1.807, 2.05) is 45.0 Å². The SMILES string of the molecule is COC(C)(C)CC(Nc1ccc(C)cc1)C(=O)O. The first-order valence-corrected chi connectivity index (χ1v) is 5.95. The Labute approximate surface area is 108 Å². The fraction of sp³-hybridized carbons (Fsp3) is 0.500. The van der Waals surface area contributed by atoms with Gasteiger partial charge in [-0.1, -0.05) is 17.7 Å². The van der Waals surface area contributed by atoms with Crippen LogP contribution in [0.4, 0.5) is 5.69 Å². The summed E-state index contributed by atoms with van der Waals surface area (Å²) in [5.41, 5.74) is 1.48. The Morgan fingerprint density at radius 1 is 1.39 bits per heavy atom. The first-order valence-electron chi connectivity index (χ1n) is 5.95. The number of ether oxygens (including phenoxy) is 1. The highest BCUT2D eigenvalue weighted by Crippen LogP contribution is 2.19. The zero-order chi connectivity index (χ0) is 13.8. The monoisotopic (exact) mass is 251 g/mol. The van der Waals surface area contributed by atoms with Crippen LogP contribution in [-0.4, -0.2) is 29.8 Å². The predicted octanol–water partition coefficient (Wildman–Crippen LogP) is 2.68. The first kappa shape index (κ1) is 14.5. The summed E-state index contributed by atoms with van der Waals surface area (Å²) < 4.78 is 5.27.